The normalized spacial score (nSPS) is 10.3. The first-order valence-electron chi connectivity index (χ1n) is 5.24. The molecule has 0 fully saturated rings. The highest BCUT2D eigenvalue weighted by Gasteiger charge is 2.05. The summed E-state index contributed by atoms with van der Waals surface area (Å²) in [5.74, 6) is 0. The molecule has 75 valence electrons. The predicted octanol–water partition coefficient (Wildman–Crippen LogP) is 4.08. The van der Waals surface area contributed by atoms with Crippen LogP contribution in [0.2, 0.25) is 0 Å². The quantitative estimate of drug-likeness (QED) is 0.643. The zero-order chi connectivity index (χ0) is 10.8. The fourth-order valence-corrected chi connectivity index (χ4v) is 2.14. The molecular formula is C15H15. The lowest BCUT2D eigenvalue weighted by atomic mass is 9.94. The Bertz CT molecular complexity index is 444. The van der Waals surface area contributed by atoms with Gasteiger partial charge in [0.05, 0.1) is 0 Å². The molecule has 0 heteroatoms. The monoisotopic (exact) mass is 195 g/mol. The topological polar surface area (TPSA) is 0 Å². The highest BCUT2D eigenvalue weighted by atomic mass is 14.1. The molecule has 0 aliphatic heterocycles. The molecule has 15 heavy (non-hydrogen) atoms. The summed E-state index contributed by atoms with van der Waals surface area (Å²) < 4.78 is 0. The Balaban J connectivity index is 2.64. The van der Waals surface area contributed by atoms with Crippen molar-refractivity contribution >= 4 is 0 Å². The average Bonchev–Trinajstić information content (AvgIpc) is 2.17. The van der Waals surface area contributed by atoms with Crippen LogP contribution in [0, 0.1) is 26.8 Å². The molecule has 0 N–H and O–H groups in total. The molecule has 0 bridgehead atoms. The van der Waals surface area contributed by atoms with E-state index in [1.165, 1.54) is 27.8 Å². The number of aryl methyl sites for hydroxylation is 3. The van der Waals surface area contributed by atoms with E-state index >= 15 is 0 Å². The fourth-order valence-electron chi connectivity index (χ4n) is 2.14. The molecule has 0 spiro atoms. The van der Waals surface area contributed by atoms with E-state index in [1.54, 1.807) is 0 Å². The van der Waals surface area contributed by atoms with Crippen molar-refractivity contribution in [2.24, 2.45) is 0 Å². The Morgan fingerprint density at radius 2 is 1.60 bits per heavy atom. The van der Waals surface area contributed by atoms with E-state index in [0.29, 0.717) is 0 Å². The molecule has 0 amide bonds. The van der Waals surface area contributed by atoms with E-state index in [1.807, 2.05) is 6.07 Å². The van der Waals surface area contributed by atoms with E-state index in [-0.39, 0.29) is 0 Å². The third-order valence-electron chi connectivity index (χ3n) is 2.65. The van der Waals surface area contributed by atoms with Gasteiger partial charge in [-0.1, -0.05) is 36.4 Å². The molecule has 1 radical (unpaired) electrons. The minimum atomic E-state index is 1.21. The minimum Gasteiger partial charge on any atom is -0.0622 e. The highest BCUT2D eigenvalue weighted by Crippen LogP contribution is 2.27. The van der Waals surface area contributed by atoms with Crippen molar-refractivity contribution in [2.45, 2.75) is 20.8 Å². The molecule has 2 aromatic carbocycles. The van der Waals surface area contributed by atoms with Crippen LogP contribution < -0.4 is 0 Å². The van der Waals surface area contributed by atoms with Gasteiger partial charge in [-0.25, -0.2) is 0 Å². The van der Waals surface area contributed by atoms with E-state index < -0.39 is 0 Å². The molecule has 0 saturated carbocycles. The van der Waals surface area contributed by atoms with Crippen molar-refractivity contribution < 1.29 is 0 Å². The smallest absolute Gasteiger partial charge is 0.0113 e. The first kappa shape index (κ1) is 9.97. The van der Waals surface area contributed by atoms with Crippen molar-refractivity contribution in [3.8, 4) is 11.1 Å². The fraction of sp³-hybridized carbons (Fsp3) is 0.200. The molecule has 0 aliphatic rings. The maximum atomic E-state index is 3.38. The third-order valence-corrected chi connectivity index (χ3v) is 2.65. The Kier molecular flexibility index (Phi) is 2.59. The molecule has 2 rings (SSSR count). The van der Waals surface area contributed by atoms with Gasteiger partial charge in [-0.05, 0) is 54.7 Å². The average molecular weight is 195 g/mol. The first-order chi connectivity index (χ1) is 7.18. The van der Waals surface area contributed by atoms with E-state index in [0.717, 1.165) is 0 Å². The van der Waals surface area contributed by atoms with Crippen molar-refractivity contribution in [1.29, 1.82) is 0 Å². The van der Waals surface area contributed by atoms with Gasteiger partial charge in [-0.3, -0.25) is 0 Å². The Morgan fingerprint density at radius 3 is 2.20 bits per heavy atom. The summed E-state index contributed by atoms with van der Waals surface area (Å²) in [6.07, 6.45) is 0. The van der Waals surface area contributed by atoms with Gasteiger partial charge >= 0.3 is 0 Å². The van der Waals surface area contributed by atoms with Crippen molar-refractivity contribution in [2.75, 3.05) is 0 Å². The standard InChI is InChI=1S/C15H15/c1-11-9-12(2)15(13(3)10-11)14-7-5-4-6-8-14/h4-9H,1-3H3. The molecule has 0 atom stereocenters. The maximum absolute atomic E-state index is 3.38. The first-order valence-corrected chi connectivity index (χ1v) is 5.24. The summed E-state index contributed by atoms with van der Waals surface area (Å²) in [6, 6.07) is 16.1. The van der Waals surface area contributed by atoms with Gasteiger partial charge in [0.15, 0.2) is 0 Å². The lowest BCUT2D eigenvalue weighted by Crippen LogP contribution is -1.89. The summed E-state index contributed by atoms with van der Waals surface area (Å²) in [6.45, 7) is 6.38. The van der Waals surface area contributed by atoms with Crippen LogP contribution in [0.15, 0.2) is 36.4 Å². The van der Waals surface area contributed by atoms with Gasteiger partial charge in [-0.15, -0.1) is 0 Å². The van der Waals surface area contributed by atoms with Crippen LogP contribution >= 0.6 is 0 Å². The molecule has 0 unspecified atom stereocenters. The lowest BCUT2D eigenvalue weighted by Gasteiger charge is -2.10. The van der Waals surface area contributed by atoms with Crippen molar-refractivity contribution in [1.82, 2.24) is 0 Å². The second-order valence-corrected chi connectivity index (χ2v) is 4.00. The van der Waals surface area contributed by atoms with E-state index in [2.05, 4.69) is 57.2 Å². The number of rotatable bonds is 1. The molecule has 0 nitrogen and oxygen atoms in total. The Labute approximate surface area is 91.6 Å². The summed E-state index contributed by atoms with van der Waals surface area (Å²) in [5, 5.41) is 0. The van der Waals surface area contributed by atoms with Crippen LogP contribution in [0.4, 0.5) is 0 Å². The molecule has 0 heterocycles. The molecular weight excluding hydrogens is 180 g/mol. The van der Waals surface area contributed by atoms with Gasteiger partial charge in [-0.2, -0.15) is 0 Å². The van der Waals surface area contributed by atoms with Crippen LogP contribution in [0.25, 0.3) is 11.1 Å². The highest BCUT2D eigenvalue weighted by molar-refractivity contribution is 5.70. The summed E-state index contributed by atoms with van der Waals surface area (Å²) >= 11 is 0. The molecule has 0 aliphatic carbocycles. The van der Waals surface area contributed by atoms with E-state index in [9.17, 15) is 0 Å². The van der Waals surface area contributed by atoms with Crippen LogP contribution in [0.3, 0.4) is 0 Å². The van der Waals surface area contributed by atoms with E-state index in [4.69, 9.17) is 0 Å². The summed E-state index contributed by atoms with van der Waals surface area (Å²) in [5.41, 5.74) is 6.38. The van der Waals surface area contributed by atoms with Crippen LogP contribution in [0.5, 0.6) is 0 Å². The van der Waals surface area contributed by atoms with Gasteiger partial charge < -0.3 is 0 Å². The van der Waals surface area contributed by atoms with Crippen LogP contribution in [-0.4, -0.2) is 0 Å². The second-order valence-electron chi connectivity index (χ2n) is 4.00. The van der Waals surface area contributed by atoms with Gasteiger partial charge in [0.25, 0.3) is 0 Å². The van der Waals surface area contributed by atoms with Crippen LogP contribution in [-0.2, 0) is 0 Å². The van der Waals surface area contributed by atoms with Crippen molar-refractivity contribution in [3.63, 3.8) is 0 Å². The maximum Gasteiger partial charge on any atom is -0.0113 e. The third kappa shape index (κ3) is 1.94. The number of hydrogen-bond donors (Lipinski definition) is 0. The molecule has 0 aromatic heterocycles. The summed E-state index contributed by atoms with van der Waals surface area (Å²) in [4.78, 5) is 0. The number of benzene rings is 2. The van der Waals surface area contributed by atoms with Gasteiger partial charge in [0.1, 0.15) is 0 Å². The Hall–Kier alpha value is -1.56. The number of hydrogen-bond acceptors (Lipinski definition) is 0. The van der Waals surface area contributed by atoms with Crippen LogP contribution in [0.1, 0.15) is 16.7 Å². The second kappa shape index (κ2) is 3.90. The molecule has 2 aromatic rings. The van der Waals surface area contributed by atoms with Gasteiger partial charge in [0.2, 0.25) is 0 Å². The SMILES string of the molecule is Cc1[c]c(C)c(-c2ccccc2)c(C)c1. The van der Waals surface area contributed by atoms with Crippen molar-refractivity contribution in [3.05, 3.63) is 59.2 Å². The predicted molar refractivity (Wildman–Crippen MR) is 64.9 cm³/mol. The summed E-state index contributed by atoms with van der Waals surface area (Å²) in [7, 11) is 0. The minimum absolute atomic E-state index is 1.21. The van der Waals surface area contributed by atoms with Gasteiger partial charge in [0, 0.05) is 0 Å². The Morgan fingerprint density at radius 1 is 0.933 bits per heavy atom. The zero-order valence-corrected chi connectivity index (χ0v) is 9.46. The lowest BCUT2D eigenvalue weighted by molar-refractivity contribution is 1.31. The zero-order valence-electron chi connectivity index (χ0n) is 9.46. The molecule has 0 saturated heterocycles. The largest absolute Gasteiger partial charge is 0.0622 e.